The minimum Gasteiger partial charge on any atom is -0.369 e. The van der Waals surface area contributed by atoms with Crippen LogP contribution in [0.3, 0.4) is 0 Å². The summed E-state index contributed by atoms with van der Waals surface area (Å²) < 4.78 is 0. The van der Waals surface area contributed by atoms with Crippen LogP contribution in [0.1, 0.15) is 48.0 Å². The first-order valence-electron chi connectivity index (χ1n) is 13.6. The average Bonchev–Trinajstić information content (AvgIpc) is 3.50. The highest BCUT2D eigenvalue weighted by molar-refractivity contribution is 6.26. The standard InChI is InChI=1S/C29H35N7O2/c1-34-15-17-36(18-16-34)21-13-11-19(12-14-21)26-25-27(32-31-26)22-9-6-10-23(24(22)28(25)37)30-29(38)33-35(2)20-7-4-3-5-8-20/h6,9-14,20H,3-5,7-8,15-18H2,1-2H3,(H,31,32)(H2,30,33,38). The molecule has 1 saturated carbocycles. The molecule has 0 radical (unpaired) electrons. The number of urea groups is 1. The molecule has 198 valence electrons. The summed E-state index contributed by atoms with van der Waals surface area (Å²) in [4.78, 5) is 31.3. The number of carbonyl (C=O) groups is 2. The zero-order valence-electron chi connectivity index (χ0n) is 22.1. The lowest BCUT2D eigenvalue weighted by atomic mass is 9.95. The number of aromatic nitrogens is 2. The van der Waals surface area contributed by atoms with E-state index < -0.39 is 0 Å². The SMILES string of the molecule is CN1CCN(c2ccc(-c3n[nH]c4c3C(=O)c3c(NC(=O)NN(C)C5CCCCC5)cccc3-4)cc2)CC1. The van der Waals surface area contributed by atoms with Crippen LogP contribution in [-0.2, 0) is 0 Å². The van der Waals surface area contributed by atoms with Crippen LogP contribution in [0.2, 0.25) is 0 Å². The van der Waals surface area contributed by atoms with Gasteiger partial charge in [0.05, 0.1) is 22.5 Å². The number of likely N-dealkylation sites (N-methyl/N-ethyl adjacent to an activating group) is 1. The van der Waals surface area contributed by atoms with E-state index in [1.54, 1.807) is 6.07 Å². The van der Waals surface area contributed by atoms with E-state index in [1.165, 1.54) is 24.9 Å². The van der Waals surface area contributed by atoms with Crippen molar-refractivity contribution >= 4 is 23.2 Å². The smallest absolute Gasteiger partial charge is 0.333 e. The van der Waals surface area contributed by atoms with Gasteiger partial charge in [-0.3, -0.25) is 15.3 Å². The summed E-state index contributed by atoms with van der Waals surface area (Å²) in [6.07, 6.45) is 5.79. The van der Waals surface area contributed by atoms with Crippen molar-refractivity contribution in [3.63, 3.8) is 0 Å². The topological polar surface area (TPSA) is 96.6 Å². The number of ketones is 1. The Balaban J connectivity index is 1.20. The Kier molecular flexibility index (Phi) is 6.63. The monoisotopic (exact) mass is 513 g/mol. The van der Waals surface area contributed by atoms with Gasteiger partial charge in [-0.25, -0.2) is 9.80 Å². The first-order valence-corrected chi connectivity index (χ1v) is 13.6. The third kappa shape index (κ3) is 4.56. The molecule has 1 saturated heterocycles. The van der Waals surface area contributed by atoms with Gasteiger partial charge in [0.2, 0.25) is 0 Å². The Labute approximate surface area is 223 Å². The number of hydrogen-bond acceptors (Lipinski definition) is 6. The van der Waals surface area contributed by atoms with E-state index in [2.05, 4.69) is 49.9 Å². The van der Waals surface area contributed by atoms with Crippen LogP contribution in [0.5, 0.6) is 0 Å². The third-order valence-electron chi connectivity index (χ3n) is 8.21. The number of hydrogen-bond donors (Lipinski definition) is 3. The van der Waals surface area contributed by atoms with Crippen molar-refractivity contribution in [3.05, 3.63) is 53.6 Å². The maximum atomic E-state index is 13.7. The number of rotatable bonds is 5. The summed E-state index contributed by atoms with van der Waals surface area (Å²) in [5.41, 5.74) is 8.67. The summed E-state index contributed by atoms with van der Waals surface area (Å²) in [7, 11) is 4.06. The second-order valence-corrected chi connectivity index (χ2v) is 10.7. The molecule has 38 heavy (non-hydrogen) atoms. The Morgan fingerprint density at radius 2 is 1.74 bits per heavy atom. The van der Waals surface area contributed by atoms with E-state index in [0.29, 0.717) is 34.2 Å². The molecule has 9 heteroatoms. The second-order valence-electron chi connectivity index (χ2n) is 10.7. The lowest BCUT2D eigenvalue weighted by Gasteiger charge is -2.34. The first kappa shape index (κ1) is 24.6. The minimum absolute atomic E-state index is 0.126. The van der Waals surface area contributed by atoms with Crippen LogP contribution in [0.15, 0.2) is 42.5 Å². The van der Waals surface area contributed by atoms with Crippen LogP contribution < -0.4 is 15.6 Å². The maximum absolute atomic E-state index is 13.7. The molecule has 2 heterocycles. The van der Waals surface area contributed by atoms with Gasteiger partial charge in [0.25, 0.3) is 0 Å². The van der Waals surface area contributed by atoms with E-state index >= 15 is 0 Å². The molecular weight excluding hydrogens is 478 g/mol. The number of hydrazine groups is 1. The molecule has 2 aliphatic carbocycles. The summed E-state index contributed by atoms with van der Waals surface area (Å²) in [6.45, 7) is 4.10. The number of carbonyl (C=O) groups excluding carboxylic acids is 2. The number of benzene rings is 2. The van der Waals surface area contributed by atoms with Crippen LogP contribution in [0, 0.1) is 0 Å². The van der Waals surface area contributed by atoms with Gasteiger partial charge in [-0.2, -0.15) is 5.10 Å². The van der Waals surface area contributed by atoms with Gasteiger partial charge in [0.1, 0.15) is 5.69 Å². The summed E-state index contributed by atoms with van der Waals surface area (Å²) in [6, 6.07) is 13.8. The molecule has 0 unspecified atom stereocenters. The molecule has 1 aromatic heterocycles. The zero-order valence-corrected chi connectivity index (χ0v) is 22.1. The van der Waals surface area contributed by atoms with Gasteiger partial charge in [0, 0.05) is 56.1 Å². The van der Waals surface area contributed by atoms with Gasteiger partial charge in [0.15, 0.2) is 5.78 Å². The molecule has 0 atom stereocenters. The van der Waals surface area contributed by atoms with E-state index in [9.17, 15) is 9.59 Å². The van der Waals surface area contributed by atoms with E-state index in [0.717, 1.165) is 50.1 Å². The van der Waals surface area contributed by atoms with Crippen molar-refractivity contribution < 1.29 is 9.59 Å². The Morgan fingerprint density at radius 1 is 1.00 bits per heavy atom. The summed E-state index contributed by atoms with van der Waals surface area (Å²) in [5.74, 6) is -0.126. The van der Waals surface area contributed by atoms with Gasteiger partial charge in [-0.15, -0.1) is 0 Å². The number of anilines is 2. The van der Waals surface area contributed by atoms with Crippen molar-refractivity contribution in [1.82, 2.24) is 25.5 Å². The molecule has 2 amide bonds. The van der Waals surface area contributed by atoms with Gasteiger partial charge >= 0.3 is 6.03 Å². The van der Waals surface area contributed by atoms with Gasteiger partial charge in [-0.1, -0.05) is 43.5 Å². The van der Waals surface area contributed by atoms with Crippen molar-refractivity contribution in [2.24, 2.45) is 0 Å². The fourth-order valence-corrected chi connectivity index (χ4v) is 5.97. The highest BCUT2D eigenvalue weighted by Gasteiger charge is 2.35. The Hall–Kier alpha value is -3.69. The van der Waals surface area contributed by atoms with Crippen molar-refractivity contribution in [1.29, 1.82) is 0 Å². The van der Waals surface area contributed by atoms with Crippen LogP contribution in [-0.4, -0.2) is 78.2 Å². The zero-order chi connectivity index (χ0) is 26.2. The van der Waals surface area contributed by atoms with Gasteiger partial charge < -0.3 is 15.1 Å². The third-order valence-corrected chi connectivity index (χ3v) is 8.21. The fraction of sp³-hybridized carbons (Fsp3) is 0.414. The number of fused-ring (bicyclic) bond motifs is 3. The number of nitrogens with zero attached hydrogens (tertiary/aromatic N) is 4. The first-order chi connectivity index (χ1) is 18.5. The highest BCUT2D eigenvalue weighted by Crippen LogP contribution is 2.43. The second kappa shape index (κ2) is 10.2. The molecule has 3 aliphatic rings. The predicted octanol–water partition coefficient (Wildman–Crippen LogP) is 4.34. The van der Waals surface area contributed by atoms with Crippen molar-refractivity contribution in [3.8, 4) is 22.5 Å². The molecule has 9 nitrogen and oxygen atoms in total. The Morgan fingerprint density at radius 3 is 2.47 bits per heavy atom. The summed E-state index contributed by atoms with van der Waals surface area (Å²) >= 11 is 0. The number of H-pyrrole nitrogens is 1. The van der Waals surface area contributed by atoms with Crippen LogP contribution in [0.25, 0.3) is 22.5 Å². The van der Waals surface area contributed by atoms with Crippen molar-refractivity contribution in [2.45, 2.75) is 38.1 Å². The molecule has 2 fully saturated rings. The van der Waals surface area contributed by atoms with Gasteiger partial charge in [-0.05, 0) is 38.1 Å². The predicted molar refractivity (Wildman–Crippen MR) is 149 cm³/mol. The summed E-state index contributed by atoms with van der Waals surface area (Å²) in [5, 5.41) is 12.4. The molecule has 3 aromatic rings. The molecule has 6 rings (SSSR count). The molecule has 3 N–H and O–H groups in total. The molecular formula is C29H35N7O2. The lowest BCUT2D eigenvalue weighted by molar-refractivity contribution is 0.104. The largest absolute Gasteiger partial charge is 0.369 e. The van der Waals surface area contributed by atoms with Crippen LogP contribution in [0.4, 0.5) is 16.2 Å². The molecule has 2 aromatic carbocycles. The Bertz CT molecular complexity index is 1340. The fourth-order valence-electron chi connectivity index (χ4n) is 5.97. The van der Waals surface area contributed by atoms with Crippen LogP contribution >= 0.6 is 0 Å². The van der Waals surface area contributed by atoms with E-state index in [-0.39, 0.29) is 11.8 Å². The minimum atomic E-state index is -0.340. The number of nitrogens with one attached hydrogen (secondary N) is 3. The number of aromatic amines is 1. The molecule has 0 bridgehead atoms. The molecule has 0 spiro atoms. The normalized spacial score (nSPS) is 18.0. The van der Waals surface area contributed by atoms with E-state index in [1.807, 2.05) is 36.3 Å². The van der Waals surface area contributed by atoms with E-state index in [4.69, 9.17) is 0 Å². The lowest BCUT2D eigenvalue weighted by Crippen LogP contribution is -2.48. The molecule has 1 aliphatic heterocycles. The highest BCUT2D eigenvalue weighted by atomic mass is 16.2. The quantitative estimate of drug-likeness (QED) is 0.344. The van der Waals surface area contributed by atoms with Crippen molar-refractivity contribution in [2.75, 3.05) is 50.5 Å². The number of amides is 2. The maximum Gasteiger partial charge on any atom is 0.333 e. The average molecular weight is 514 g/mol. The number of piperazine rings is 1.